The van der Waals surface area contributed by atoms with E-state index in [9.17, 15) is 4.79 Å². The fraction of sp³-hybridized carbons (Fsp3) is 0.556. The predicted octanol–water partition coefficient (Wildman–Crippen LogP) is 2.61. The van der Waals surface area contributed by atoms with Gasteiger partial charge in [-0.05, 0) is 57.2 Å². The Labute approximate surface area is 146 Å². The average molecular weight is 342 g/mol. The number of likely N-dealkylation sites (tertiary alicyclic amines) is 1. The van der Waals surface area contributed by atoms with Gasteiger partial charge in [-0.15, -0.1) is 0 Å². The van der Waals surface area contributed by atoms with Gasteiger partial charge in [-0.2, -0.15) is 4.98 Å². The van der Waals surface area contributed by atoms with E-state index in [0.717, 1.165) is 31.2 Å². The minimum Gasteiger partial charge on any atom is -0.362 e. The van der Waals surface area contributed by atoms with Crippen molar-refractivity contribution in [1.82, 2.24) is 20.0 Å². The van der Waals surface area contributed by atoms with Crippen molar-refractivity contribution in [2.45, 2.75) is 51.2 Å². The first-order chi connectivity index (χ1) is 12.0. The molecular weight excluding hydrogens is 320 g/mol. The zero-order valence-corrected chi connectivity index (χ0v) is 14.6. The Balaban J connectivity index is 1.39. The first-order valence-corrected chi connectivity index (χ1v) is 8.75. The minimum atomic E-state index is -0.177. The highest BCUT2D eigenvalue weighted by Gasteiger charge is 2.45. The van der Waals surface area contributed by atoms with Crippen LogP contribution in [0.1, 0.15) is 59.6 Å². The normalized spacial score (nSPS) is 22.5. The SMILES string of the molecule is Cc1ccnc(C(=O)N2CCC3(CC[C@H](c4nc(C)no4)O3)CC2)c1. The fourth-order valence-corrected chi connectivity index (χ4v) is 3.73. The van der Waals surface area contributed by atoms with Crippen LogP contribution >= 0.6 is 0 Å². The molecule has 2 aliphatic heterocycles. The number of aryl methyl sites for hydroxylation is 2. The summed E-state index contributed by atoms with van der Waals surface area (Å²) < 4.78 is 11.5. The van der Waals surface area contributed by atoms with Crippen molar-refractivity contribution in [2.24, 2.45) is 0 Å². The molecule has 7 nitrogen and oxygen atoms in total. The van der Waals surface area contributed by atoms with E-state index in [-0.39, 0.29) is 17.6 Å². The van der Waals surface area contributed by atoms with E-state index in [1.165, 1.54) is 0 Å². The van der Waals surface area contributed by atoms with Gasteiger partial charge in [-0.25, -0.2) is 0 Å². The highest BCUT2D eigenvalue weighted by molar-refractivity contribution is 5.92. The molecule has 2 aromatic heterocycles. The van der Waals surface area contributed by atoms with Gasteiger partial charge in [0.1, 0.15) is 11.8 Å². The lowest BCUT2D eigenvalue weighted by Crippen LogP contribution is -2.46. The van der Waals surface area contributed by atoms with Crippen LogP contribution in [0, 0.1) is 13.8 Å². The predicted molar refractivity (Wildman–Crippen MR) is 88.9 cm³/mol. The number of hydrogen-bond acceptors (Lipinski definition) is 6. The fourth-order valence-electron chi connectivity index (χ4n) is 3.73. The Morgan fingerprint density at radius 2 is 2.08 bits per heavy atom. The molecular formula is C18H22N4O3. The zero-order valence-electron chi connectivity index (χ0n) is 14.6. The lowest BCUT2D eigenvalue weighted by atomic mass is 9.88. The van der Waals surface area contributed by atoms with Crippen molar-refractivity contribution in [3.05, 3.63) is 41.3 Å². The molecule has 1 amide bonds. The average Bonchev–Trinajstić information content (AvgIpc) is 3.22. The van der Waals surface area contributed by atoms with E-state index in [0.29, 0.717) is 30.5 Å². The topological polar surface area (TPSA) is 81.4 Å². The van der Waals surface area contributed by atoms with E-state index in [1.807, 2.05) is 24.0 Å². The summed E-state index contributed by atoms with van der Waals surface area (Å²) in [6, 6.07) is 3.74. The van der Waals surface area contributed by atoms with E-state index in [4.69, 9.17) is 9.26 Å². The highest BCUT2D eigenvalue weighted by atomic mass is 16.5. The summed E-state index contributed by atoms with van der Waals surface area (Å²) in [7, 11) is 0. The van der Waals surface area contributed by atoms with E-state index in [2.05, 4.69) is 15.1 Å². The Hall–Kier alpha value is -2.28. The van der Waals surface area contributed by atoms with Crippen LogP contribution in [-0.4, -0.2) is 44.6 Å². The van der Waals surface area contributed by atoms with Gasteiger partial charge in [-0.3, -0.25) is 9.78 Å². The molecule has 0 N–H and O–H groups in total. The van der Waals surface area contributed by atoms with Gasteiger partial charge in [0.25, 0.3) is 11.8 Å². The summed E-state index contributed by atoms with van der Waals surface area (Å²) in [5.74, 6) is 1.20. The van der Waals surface area contributed by atoms with Gasteiger partial charge in [0.15, 0.2) is 5.82 Å². The summed E-state index contributed by atoms with van der Waals surface area (Å²) in [4.78, 5) is 23.0. The monoisotopic (exact) mass is 342 g/mol. The number of nitrogens with zero attached hydrogens (tertiary/aromatic N) is 4. The molecule has 2 saturated heterocycles. The standard InChI is InChI=1S/C18H22N4O3/c1-12-4-8-19-14(11-12)17(23)22-9-6-18(7-10-22)5-3-15(24-18)16-20-13(2)21-25-16/h4,8,11,15H,3,5-7,9-10H2,1-2H3/t15-/m1/s1. The van der Waals surface area contributed by atoms with Gasteiger partial charge in [0, 0.05) is 19.3 Å². The van der Waals surface area contributed by atoms with Crippen LogP contribution in [0.3, 0.4) is 0 Å². The molecule has 2 aliphatic rings. The molecule has 0 aromatic carbocycles. The highest BCUT2D eigenvalue weighted by Crippen LogP contribution is 2.44. The maximum atomic E-state index is 12.6. The van der Waals surface area contributed by atoms with Crippen molar-refractivity contribution in [3.8, 4) is 0 Å². The molecule has 132 valence electrons. The molecule has 0 radical (unpaired) electrons. The first-order valence-electron chi connectivity index (χ1n) is 8.75. The number of piperidine rings is 1. The van der Waals surface area contributed by atoms with Gasteiger partial charge in [0.2, 0.25) is 0 Å². The summed E-state index contributed by atoms with van der Waals surface area (Å²) >= 11 is 0. The van der Waals surface area contributed by atoms with Crippen LogP contribution in [0.2, 0.25) is 0 Å². The molecule has 2 aromatic rings. The summed E-state index contributed by atoms with van der Waals surface area (Å²) in [6.45, 7) is 5.14. The van der Waals surface area contributed by atoms with Crippen LogP contribution in [0.5, 0.6) is 0 Å². The van der Waals surface area contributed by atoms with Gasteiger partial charge < -0.3 is 14.2 Å². The van der Waals surface area contributed by atoms with E-state index < -0.39 is 0 Å². The van der Waals surface area contributed by atoms with Crippen LogP contribution in [0.4, 0.5) is 0 Å². The number of ether oxygens (including phenoxy) is 1. The molecule has 2 fully saturated rings. The third-order valence-electron chi connectivity index (χ3n) is 5.17. The molecule has 0 bridgehead atoms. The van der Waals surface area contributed by atoms with Crippen molar-refractivity contribution in [1.29, 1.82) is 0 Å². The van der Waals surface area contributed by atoms with Crippen molar-refractivity contribution in [2.75, 3.05) is 13.1 Å². The third-order valence-corrected chi connectivity index (χ3v) is 5.17. The van der Waals surface area contributed by atoms with Crippen LogP contribution in [0.15, 0.2) is 22.9 Å². The second-order valence-electron chi connectivity index (χ2n) is 7.02. The molecule has 25 heavy (non-hydrogen) atoms. The Bertz CT molecular complexity index is 780. The summed E-state index contributed by atoms with van der Waals surface area (Å²) in [5.41, 5.74) is 1.38. The van der Waals surface area contributed by atoms with Crippen LogP contribution in [0.25, 0.3) is 0 Å². The summed E-state index contributed by atoms with van der Waals surface area (Å²) in [6.07, 6.45) is 5.06. The van der Waals surface area contributed by atoms with Crippen molar-refractivity contribution in [3.63, 3.8) is 0 Å². The maximum Gasteiger partial charge on any atom is 0.272 e. The third kappa shape index (κ3) is 3.16. The lowest BCUT2D eigenvalue weighted by molar-refractivity contribution is -0.0821. The number of carbonyl (C=O) groups excluding carboxylic acids is 1. The maximum absolute atomic E-state index is 12.6. The van der Waals surface area contributed by atoms with Crippen LogP contribution < -0.4 is 0 Å². The smallest absolute Gasteiger partial charge is 0.272 e. The Kier molecular flexibility index (Phi) is 4.03. The first kappa shape index (κ1) is 16.2. The van der Waals surface area contributed by atoms with E-state index >= 15 is 0 Å². The summed E-state index contributed by atoms with van der Waals surface area (Å²) in [5, 5.41) is 3.84. The number of carbonyl (C=O) groups is 1. The molecule has 0 saturated carbocycles. The molecule has 7 heteroatoms. The van der Waals surface area contributed by atoms with Crippen molar-refractivity contribution < 1.29 is 14.1 Å². The van der Waals surface area contributed by atoms with Gasteiger partial charge >= 0.3 is 0 Å². The Morgan fingerprint density at radius 1 is 1.28 bits per heavy atom. The van der Waals surface area contributed by atoms with Gasteiger partial charge in [0.05, 0.1) is 5.60 Å². The molecule has 1 atom stereocenters. The number of aromatic nitrogens is 3. The molecule has 4 rings (SSSR count). The van der Waals surface area contributed by atoms with E-state index in [1.54, 1.807) is 13.1 Å². The molecule has 1 spiro atoms. The molecule has 0 aliphatic carbocycles. The number of pyridine rings is 1. The zero-order chi connectivity index (χ0) is 17.4. The number of hydrogen-bond donors (Lipinski definition) is 0. The number of amides is 1. The minimum absolute atomic E-state index is 0.000577. The number of rotatable bonds is 2. The Morgan fingerprint density at radius 3 is 2.76 bits per heavy atom. The second kappa shape index (κ2) is 6.22. The molecule has 0 unspecified atom stereocenters. The molecule has 4 heterocycles. The van der Waals surface area contributed by atoms with Gasteiger partial charge in [-0.1, -0.05) is 5.16 Å². The lowest BCUT2D eigenvalue weighted by Gasteiger charge is -2.38. The quantitative estimate of drug-likeness (QED) is 0.834. The van der Waals surface area contributed by atoms with Crippen molar-refractivity contribution >= 4 is 5.91 Å². The second-order valence-corrected chi connectivity index (χ2v) is 7.02. The van der Waals surface area contributed by atoms with Crippen LogP contribution in [-0.2, 0) is 4.74 Å². The largest absolute Gasteiger partial charge is 0.362 e.